The van der Waals surface area contributed by atoms with Crippen molar-refractivity contribution in [2.75, 3.05) is 18.5 Å². The number of carbonyl (C=O) groups is 1. The van der Waals surface area contributed by atoms with E-state index in [9.17, 15) is 9.18 Å². The highest BCUT2D eigenvalue weighted by Gasteiger charge is 2.04. The van der Waals surface area contributed by atoms with Gasteiger partial charge in [-0.3, -0.25) is 0 Å². The molecular formula is C15H13ClFNO3. The first-order valence-corrected chi connectivity index (χ1v) is 6.59. The number of hydrogen-bond acceptors (Lipinski definition) is 3. The van der Waals surface area contributed by atoms with Gasteiger partial charge in [-0.25, -0.2) is 9.18 Å². The SMILES string of the molecule is O=C(O)c1cccc(OCCNc2ccc(F)cc2Cl)c1. The van der Waals surface area contributed by atoms with Gasteiger partial charge in [-0.15, -0.1) is 0 Å². The first-order valence-electron chi connectivity index (χ1n) is 6.21. The average Bonchev–Trinajstić information content (AvgIpc) is 2.45. The molecular weight excluding hydrogens is 297 g/mol. The van der Waals surface area contributed by atoms with Crippen molar-refractivity contribution in [3.8, 4) is 5.75 Å². The van der Waals surface area contributed by atoms with Crippen molar-refractivity contribution in [3.05, 3.63) is 58.9 Å². The topological polar surface area (TPSA) is 58.6 Å². The third-order valence-electron chi connectivity index (χ3n) is 2.70. The zero-order valence-electron chi connectivity index (χ0n) is 11.0. The van der Waals surface area contributed by atoms with Crippen molar-refractivity contribution in [3.63, 3.8) is 0 Å². The van der Waals surface area contributed by atoms with E-state index in [1.807, 2.05) is 0 Å². The summed E-state index contributed by atoms with van der Waals surface area (Å²) in [4.78, 5) is 10.8. The van der Waals surface area contributed by atoms with Crippen molar-refractivity contribution in [1.82, 2.24) is 0 Å². The summed E-state index contributed by atoms with van der Waals surface area (Å²) in [7, 11) is 0. The van der Waals surface area contributed by atoms with Crippen LogP contribution in [0.5, 0.6) is 5.75 Å². The minimum Gasteiger partial charge on any atom is -0.492 e. The molecule has 0 saturated heterocycles. The maximum Gasteiger partial charge on any atom is 0.335 e. The van der Waals surface area contributed by atoms with Gasteiger partial charge in [0.05, 0.1) is 16.3 Å². The second-order valence-electron chi connectivity index (χ2n) is 4.23. The summed E-state index contributed by atoms with van der Waals surface area (Å²) >= 11 is 5.87. The molecule has 0 fully saturated rings. The fourth-order valence-electron chi connectivity index (χ4n) is 1.71. The molecule has 2 aromatic rings. The van der Waals surface area contributed by atoms with Crippen LogP contribution >= 0.6 is 11.6 Å². The number of anilines is 1. The number of aromatic carboxylic acids is 1. The monoisotopic (exact) mass is 309 g/mol. The summed E-state index contributed by atoms with van der Waals surface area (Å²) < 4.78 is 18.3. The molecule has 2 N–H and O–H groups in total. The van der Waals surface area contributed by atoms with E-state index >= 15 is 0 Å². The summed E-state index contributed by atoms with van der Waals surface area (Å²) in [5, 5.41) is 12.2. The van der Waals surface area contributed by atoms with Gasteiger partial charge in [-0.1, -0.05) is 17.7 Å². The molecule has 0 aliphatic carbocycles. The predicted octanol–water partition coefficient (Wildman–Crippen LogP) is 3.67. The Hall–Kier alpha value is -2.27. The maximum atomic E-state index is 12.9. The fourth-order valence-corrected chi connectivity index (χ4v) is 1.94. The Bertz CT molecular complexity index is 649. The van der Waals surface area contributed by atoms with Crippen LogP contribution in [0, 0.1) is 5.82 Å². The number of halogens is 2. The number of carboxylic acids is 1. The molecule has 6 heteroatoms. The van der Waals surface area contributed by atoms with Gasteiger partial charge in [0.15, 0.2) is 0 Å². The second-order valence-corrected chi connectivity index (χ2v) is 4.64. The molecule has 0 saturated carbocycles. The van der Waals surface area contributed by atoms with Gasteiger partial charge in [0.25, 0.3) is 0 Å². The summed E-state index contributed by atoms with van der Waals surface area (Å²) in [6, 6.07) is 10.3. The Balaban J connectivity index is 1.84. The molecule has 4 nitrogen and oxygen atoms in total. The van der Waals surface area contributed by atoms with E-state index in [2.05, 4.69) is 5.32 Å². The van der Waals surface area contributed by atoms with Crippen LogP contribution in [-0.2, 0) is 0 Å². The third-order valence-corrected chi connectivity index (χ3v) is 3.01. The van der Waals surface area contributed by atoms with E-state index in [1.165, 1.54) is 24.3 Å². The Morgan fingerprint density at radius 2 is 2.10 bits per heavy atom. The van der Waals surface area contributed by atoms with E-state index in [-0.39, 0.29) is 5.56 Å². The van der Waals surface area contributed by atoms with Crippen molar-refractivity contribution >= 4 is 23.3 Å². The molecule has 0 amide bonds. The van der Waals surface area contributed by atoms with Gasteiger partial charge in [0, 0.05) is 6.54 Å². The van der Waals surface area contributed by atoms with E-state index in [0.717, 1.165) is 0 Å². The highest BCUT2D eigenvalue weighted by atomic mass is 35.5. The lowest BCUT2D eigenvalue weighted by Gasteiger charge is -2.10. The molecule has 0 atom stereocenters. The summed E-state index contributed by atoms with van der Waals surface area (Å²) in [6.07, 6.45) is 0. The first kappa shape index (κ1) is 15.1. The maximum absolute atomic E-state index is 12.9. The van der Waals surface area contributed by atoms with Crippen LogP contribution in [0.1, 0.15) is 10.4 Å². The van der Waals surface area contributed by atoms with Gasteiger partial charge in [-0.05, 0) is 36.4 Å². The summed E-state index contributed by atoms with van der Waals surface area (Å²) in [5.41, 5.74) is 0.781. The molecule has 0 aliphatic rings. The van der Waals surface area contributed by atoms with Crippen LogP contribution < -0.4 is 10.1 Å². The quantitative estimate of drug-likeness (QED) is 0.799. The van der Waals surface area contributed by atoms with E-state index in [1.54, 1.807) is 18.2 Å². The molecule has 21 heavy (non-hydrogen) atoms. The fraction of sp³-hybridized carbons (Fsp3) is 0.133. The van der Waals surface area contributed by atoms with Gasteiger partial charge in [-0.2, -0.15) is 0 Å². The van der Waals surface area contributed by atoms with Crippen molar-refractivity contribution < 1.29 is 19.0 Å². The molecule has 0 unspecified atom stereocenters. The lowest BCUT2D eigenvalue weighted by molar-refractivity contribution is 0.0696. The molecule has 0 heterocycles. The molecule has 110 valence electrons. The zero-order valence-corrected chi connectivity index (χ0v) is 11.7. The second kappa shape index (κ2) is 6.95. The van der Waals surface area contributed by atoms with E-state index in [0.29, 0.717) is 29.6 Å². The Morgan fingerprint density at radius 3 is 2.81 bits per heavy atom. The van der Waals surface area contributed by atoms with Crippen LogP contribution in [0.3, 0.4) is 0 Å². The number of carboxylic acid groups (broad SMARTS) is 1. The average molecular weight is 310 g/mol. The number of hydrogen-bond donors (Lipinski definition) is 2. The molecule has 2 rings (SSSR count). The molecule has 0 spiro atoms. The lowest BCUT2D eigenvalue weighted by Crippen LogP contribution is -2.12. The largest absolute Gasteiger partial charge is 0.492 e. The van der Waals surface area contributed by atoms with Crippen LogP contribution in [0.2, 0.25) is 5.02 Å². The summed E-state index contributed by atoms with van der Waals surface area (Å²) in [5.74, 6) is -0.925. The van der Waals surface area contributed by atoms with Gasteiger partial charge in [0.1, 0.15) is 18.2 Å². The van der Waals surface area contributed by atoms with Crippen LogP contribution in [0.15, 0.2) is 42.5 Å². The molecule has 0 radical (unpaired) electrons. The Labute approximate surface area is 126 Å². The van der Waals surface area contributed by atoms with Crippen molar-refractivity contribution in [2.24, 2.45) is 0 Å². The normalized spacial score (nSPS) is 10.2. The van der Waals surface area contributed by atoms with Crippen LogP contribution in [0.4, 0.5) is 10.1 Å². The highest BCUT2D eigenvalue weighted by Crippen LogP contribution is 2.22. The molecule has 2 aromatic carbocycles. The highest BCUT2D eigenvalue weighted by molar-refractivity contribution is 6.33. The minimum atomic E-state index is -1.00. The Morgan fingerprint density at radius 1 is 1.29 bits per heavy atom. The number of nitrogens with one attached hydrogen (secondary N) is 1. The number of rotatable bonds is 6. The lowest BCUT2D eigenvalue weighted by atomic mass is 10.2. The number of ether oxygens (including phenoxy) is 1. The van der Waals surface area contributed by atoms with Crippen LogP contribution in [-0.4, -0.2) is 24.2 Å². The predicted molar refractivity (Wildman–Crippen MR) is 78.8 cm³/mol. The summed E-state index contributed by atoms with van der Waals surface area (Å²) in [6.45, 7) is 0.763. The third kappa shape index (κ3) is 4.36. The molecule has 0 bridgehead atoms. The van der Waals surface area contributed by atoms with Gasteiger partial charge >= 0.3 is 5.97 Å². The standard InChI is InChI=1S/C15H13ClFNO3/c16-13-9-11(17)4-5-14(13)18-6-7-21-12-3-1-2-10(8-12)15(19)20/h1-5,8-9,18H,6-7H2,(H,19,20). The zero-order chi connectivity index (χ0) is 15.2. The van der Waals surface area contributed by atoms with Gasteiger partial charge in [0.2, 0.25) is 0 Å². The first-order chi connectivity index (χ1) is 10.1. The Kier molecular flexibility index (Phi) is 5.00. The van der Waals surface area contributed by atoms with Crippen molar-refractivity contribution in [2.45, 2.75) is 0 Å². The molecule has 0 aromatic heterocycles. The number of benzene rings is 2. The van der Waals surface area contributed by atoms with Crippen molar-refractivity contribution in [1.29, 1.82) is 0 Å². The smallest absolute Gasteiger partial charge is 0.335 e. The van der Waals surface area contributed by atoms with Gasteiger partial charge < -0.3 is 15.2 Å². The van der Waals surface area contributed by atoms with Crippen LogP contribution in [0.25, 0.3) is 0 Å². The minimum absolute atomic E-state index is 0.169. The van der Waals surface area contributed by atoms with E-state index < -0.39 is 11.8 Å². The van der Waals surface area contributed by atoms with E-state index in [4.69, 9.17) is 21.4 Å². The molecule has 0 aliphatic heterocycles.